The molecule has 0 unspecified atom stereocenters. The summed E-state index contributed by atoms with van der Waals surface area (Å²) in [4.78, 5) is 18.0. The molecule has 5 heteroatoms. The molecule has 0 spiro atoms. The van der Waals surface area contributed by atoms with Gasteiger partial charge in [0.15, 0.2) is 0 Å². The number of amidine groups is 1. The first-order chi connectivity index (χ1) is 14.1. The van der Waals surface area contributed by atoms with E-state index in [0.29, 0.717) is 6.61 Å². The number of likely N-dealkylation sites (N-methyl/N-ethyl adjacent to an activating group) is 1. The first kappa shape index (κ1) is 19.5. The van der Waals surface area contributed by atoms with Crippen LogP contribution in [0.15, 0.2) is 47.5 Å². The normalized spacial score (nSPS) is 16.9. The predicted molar refractivity (Wildman–Crippen MR) is 114 cm³/mol. The summed E-state index contributed by atoms with van der Waals surface area (Å²) in [6.07, 6.45) is 4.96. The highest BCUT2D eigenvalue weighted by molar-refractivity contribution is 5.93. The molecule has 4 rings (SSSR count). The van der Waals surface area contributed by atoms with E-state index in [-0.39, 0.29) is 12.3 Å². The second kappa shape index (κ2) is 8.68. The minimum atomic E-state index is -0.814. The molecule has 0 bridgehead atoms. The Morgan fingerprint density at radius 1 is 1.14 bits per heavy atom. The van der Waals surface area contributed by atoms with E-state index in [1.165, 1.54) is 42.4 Å². The van der Waals surface area contributed by atoms with E-state index >= 15 is 0 Å². The van der Waals surface area contributed by atoms with Crippen LogP contribution in [0.4, 0.5) is 0 Å². The SMILES string of the molecule is CN1CCN=C1[C@@H](CC(=O)O)c1ccc(OCc2ccc3c(c2)CCCC3)cc1. The molecule has 2 aliphatic rings. The molecule has 1 aliphatic heterocycles. The largest absolute Gasteiger partial charge is 0.489 e. The molecule has 152 valence electrons. The van der Waals surface area contributed by atoms with E-state index < -0.39 is 5.97 Å². The van der Waals surface area contributed by atoms with E-state index in [2.05, 4.69) is 23.2 Å². The van der Waals surface area contributed by atoms with Gasteiger partial charge in [0.05, 0.1) is 18.9 Å². The number of hydrogen-bond acceptors (Lipinski definition) is 4. The molecule has 0 saturated carbocycles. The molecule has 0 fully saturated rings. The fourth-order valence-corrected chi connectivity index (χ4v) is 4.30. The van der Waals surface area contributed by atoms with Gasteiger partial charge in [0.2, 0.25) is 0 Å². The maximum Gasteiger partial charge on any atom is 0.304 e. The van der Waals surface area contributed by atoms with Gasteiger partial charge in [-0.2, -0.15) is 0 Å². The zero-order valence-corrected chi connectivity index (χ0v) is 16.9. The maximum absolute atomic E-state index is 11.4. The quantitative estimate of drug-likeness (QED) is 0.772. The van der Waals surface area contributed by atoms with Gasteiger partial charge < -0.3 is 14.7 Å². The lowest BCUT2D eigenvalue weighted by Crippen LogP contribution is -2.29. The van der Waals surface area contributed by atoms with Crippen LogP contribution >= 0.6 is 0 Å². The number of aryl methyl sites for hydroxylation is 2. The molecule has 2 aromatic carbocycles. The molecule has 2 aromatic rings. The number of carbonyl (C=O) groups is 1. The standard InChI is InChI=1S/C24H28N2O3/c1-26-13-12-25-24(26)22(15-23(27)28)19-8-10-21(11-9-19)29-16-17-6-7-18-4-2-3-5-20(18)14-17/h6-11,14,22H,2-5,12-13,15-16H2,1H3,(H,27,28)/t22-/m0/s1. The van der Waals surface area contributed by atoms with Crippen molar-refractivity contribution in [3.05, 3.63) is 64.7 Å². The number of ether oxygens (including phenoxy) is 1. The van der Waals surface area contributed by atoms with Gasteiger partial charge in [-0.05, 0) is 60.1 Å². The molecule has 1 heterocycles. The summed E-state index contributed by atoms with van der Waals surface area (Å²) in [6.45, 7) is 2.11. The zero-order chi connectivity index (χ0) is 20.2. The summed E-state index contributed by atoms with van der Waals surface area (Å²) in [6, 6.07) is 14.5. The summed E-state index contributed by atoms with van der Waals surface area (Å²) in [5.74, 6) is 0.609. The van der Waals surface area contributed by atoms with Crippen molar-refractivity contribution in [1.82, 2.24) is 4.90 Å². The maximum atomic E-state index is 11.4. The lowest BCUT2D eigenvalue weighted by Gasteiger charge is -2.22. The average molecular weight is 392 g/mol. The van der Waals surface area contributed by atoms with Crippen molar-refractivity contribution < 1.29 is 14.6 Å². The van der Waals surface area contributed by atoms with Crippen LogP contribution in [0.1, 0.15) is 47.4 Å². The number of benzene rings is 2. The summed E-state index contributed by atoms with van der Waals surface area (Å²) in [5.41, 5.74) is 5.10. The Morgan fingerprint density at radius 2 is 1.90 bits per heavy atom. The lowest BCUT2D eigenvalue weighted by molar-refractivity contribution is -0.137. The van der Waals surface area contributed by atoms with Gasteiger partial charge in [-0.25, -0.2) is 0 Å². The second-order valence-electron chi connectivity index (χ2n) is 7.98. The monoisotopic (exact) mass is 392 g/mol. The van der Waals surface area contributed by atoms with Gasteiger partial charge in [0.25, 0.3) is 0 Å². The smallest absolute Gasteiger partial charge is 0.304 e. The minimum Gasteiger partial charge on any atom is -0.489 e. The van der Waals surface area contributed by atoms with Crippen LogP contribution in [0.5, 0.6) is 5.75 Å². The summed E-state index contributed by atoms with van der Waals surface area (Å²) in [7, 11) is 1.97. The molecule has 1 atom stereocenters. The third-order valence-corrected chi connectivity index (χ3v) is 5.89. The van der Waals surface area contributed by atoms with E-state index in [1.807, 2.05) is 36.2 Å². The van der Waals surface area contributed by atoms with Crippen LogP contribution in [0.2, 0.25) is 0 Å². The first-order valence-electron chi connectivity index (χ1n) is 10.4. The van der Waals surface area contributed by atoms with Crippen molar-refractivity contribution in [3.8, 4) is 5.75 Å². The fraction of sp³-hybridized carbons (Fsp3) is 0.417. The average Bonchev–Trinajstić information content (AvgIpc) is 3.16. The Kier molecular flexibility index (Phi) is 5.84. The zero-order valence-electron chi connectivity index (χ0n) is 16.9. The first-order valence-corrected chi connectivity index (χ1v) is 10.4. The molecule has 0 saturated heterocycles. The van der Waals surface area contributed by atoms with E-state index in [0.717, 1.165) is 30.2 Å². The second-order valence-corrected chi connectivity index (χ2v) is 7.98. The van der Waals surface area contributed by atoms with E-state index in [4.69, 9.17) is 4.74 Å². The highest BCUT2D eigenvalue weighted by atomic mass is 16.5. The molecule has 0 aromatic heterocycles. The number of aliphatic imine (C=N–C) groups is 1. The van der Waals surface area contributed by atoms with Crippen LogP contribution in [0.3, 0.4) is 0 Å². The molecular formula is C24H28N2O3. The predicted octanol–water partition coefficient (Wildman–Crippen LogP) is 4.05. The molecule has 5 nitrogen and oxygen atoms in total. The third kappa shape index (κ3) is 4.61. The van der Waals surface area contributed by atoms with Crippen LogP contribution in [-0.4, -0.2) is 41.9 Å². The molecule has 1 N–H and O–H groups in total. The van der Waals surface area contributed by atoms with Gasteiger partial charge in [0, 0.05) is 13.6 Å². The Labute approximate surface area is 172 Å². The van der Waals surface area contributed by atoms with Gasteiger partial charge in [-0.1, -0.05) is 30.3 Å². The minimum absolute atomic E-state index is 0.0402. The number of carboxylic acid groups (broad SMARTS) is 1. The highest BCUT2D eigenvalue weighted by Crippen LogP contribution is 2.28. The van der Waals surface area contributed by atoms with E-state index in [1.54, 1.807) is 0 Å². The van der Waals surface area contributed by atoms with Gasteiger partial charge in [-0.3, -0.25) is 9.79 Å². The Hall–Kier alpha value is -2.82. The Bertz CT molecular complexity index is 905. The fourth-order valence-electron chi connectivity index (χ4n) is 4.30. The van der Waals surface area contributed by atoms with Crippen LogP contribution < -0.4 is 4.74 Å². The van der Waals surface area contributed by atoms with Crippen molar-refractivity contribution in [2.24, 2.45) is 4.99 Å². The summed E-state index contributed by atoms with van der Waals surface area (Å²) in [5, 5.41) is 9.34. The van der Waals surface area contributed by atoms with Crippen LogP contribution in [-0.2, 0) is 24.2 Å². The molecule has 1 aliphatic carbocycles. The molecular weight excluding hydrogens is 364 g/mol. The topological polar surface area (TPSA) is 62.1 Å². The summed E-state index contributed by atoms with van der Waals surface area (Å²) < 4.78 is 5.99. The third-order valence-electron chi connectivity index (χ3n) is 5.89. The number of nitrogens with zero attached hydrogens (tertiary/aromatic N) is 2. The van der Waals surface area contributed by atoms with Gasteiger partial charge in [-0.15, -0.1) is 0 Å². The van der Waals surface area contributed by atoms with Crippen molar-refractivity contribution in [1.29, 1.82) is 0 Å². The Morgan fingerprint density at radius 3 is 2.59 bits per heavy atom. The van der Waals surface area contributed by atoms with Crippen molar-refractivity contribution in [2.45, 2.75) is 44.6 Å². The number of carboxylic acids is 1. The molecule has 0 amide bonds. The highest BCUT2D eigenvalue weighted by Gasteiger charge is 2.26. The number of aliphatic carboxylic acids is 1. The number of hydrogen-bond donors (Lipinski definition) is 1. The van der Waals surface area contributed by atoms with Crippen LogP contribution in [0.25, 0.3) is 0 Å². The van der Waals surface area contributed by atoms with Gasteiger partial charge >= 0.3 is 5.97 Å². The number of fused-ring (bicyclic) bond motifs is 1. The summed E-state index contributed by atoms with van der Waals surface area (Å²) >= 11 is 0. The van der Waals surface area contributed by atoms with Crippen molar-refractivity contribution >= 4 is 11.8 Å². The van der Waals surface area contributed by atoms with Crippen LogP contribution in [0, 0.1) is 0 Å². The molecule has 0 radical (unpaired) electrons. The van der Waals surface area contributed by atoms with Crippen molar-refractivity contribution in [3.63, 3.8) is 0 Å². The lowest BCUT2D eigenvalue weighted by atomic mass is 9.90. The van der Waals surface area contributed by atoms with E-state index in [9.17, 15) is 9.90 Å². The molecule has 29 heavy (non-hydrogen) atoms. The number of rotatable bonds is 7. The van der Waals surface area contributed by atoms with Gasteiger partial charge in [0.1, 0.15) is 18.2 Å². The van der Waals surface area contributed by atoms with Crippen molar-refractivity contribution in [2.75, 3.05) is 20.1 Å². The Balaban J connectivity index is 1.43.